The van der Waals surface area contributed by atoms with Crippen LogP contribution in [-0.2, 0) is 11.2 Å². The van der Waals surface area contributed by atoms with Crippen molar-refractivity contribution in [3.05, 3.63) is 59.7 Å². The molecule has 0 aliphatic carbocycles. The molecule has 0 saturated heterocycles. The Balaban J connectivity index is 1.80. The Hall–Kier alpha value is -2.29. The largest absolute Gasteiger partial charge is 0.373 e. The lowest BCUT2D eigenvalue weighted by atomic mass is 10.1. The molecule has 2 aromatic rings. The number of hydrogen-bond donors (Lipinski definition) is 1. The number of fused-ring (bicyclic) bond motifs is 1. The van der Waals surface area contributed by atoms with Gasteiger partial charge >= 0.3 is 0 Å². The third kappa shape index (κ3) is 2.16. The lowest BCUT2D eigenvalue weighted by molar-refractivity contribution is -0.118. The van der Waals surface area contributed by atoms with E-state index in [0.717, 1.165) is 23.4 Å². The second-order valence-corrected chi connectivity index (χ2v) is 5.24. The number of carbonyl (C=O) groups is 1. The molecule has 1 aliphatic rings. The van der Waals surface area contributed by atoms with Crippen LogP contribution in [0.3, 0.4) is 0 Å². The van der Waals surface area contributed by atoms with E-state index >= 15 is 0 Å². The number of likely N-dealkylation sites (N-methyl/N-ethyl adjacent to an activating group) is 1. The fourth-order valence-electron chi connectivity index (χ4n) is 2.74. The minimum absolute atomic E-state index is 0.107. The minimum atomic E-state index is -0.169. The predicted octanol–water partition coefficient (Wildman–Crippen LogP) is 2.99. The number of nitrogens with one attached hydrogen (secondary N) is 1. The van der Waals surface area contributed by atoms with Crippen molar-refractivity contribution in [1.82, 2.24) is 0 Å². The molecule has 3 rings (SSSR count). The van der Waals surface area contributed by atoms with E-state index in [4.69, 9.17) is 0 Å². The molecule has 1 atom stereocenters. The van der Waals surface area contributed by atoms with E-state index in [9.17, 15) is 4.79 Å². The summed E-state index contributed by atoms with van der Waals surface area (Å²) in [5.41, 5.74) is 4.36. The van der Waals surface area contributed by atoms with Crippen LogP contribution in [0.1, 0.15) is 11.1 Å². The number of carbonyl (C=O) groups excluding carboxylic acids is 1. The van der Waals surface area contributed by atoms with Crippen LogP contribution in [0.4, 0.5) is 11.4 Å². The van der Waals surface area contributed by atoms with Gasteiger partial charge < -0.3 is 10.2 Å². The molecule has 102 valence electrons. The molecule has 1 aliphatic heterocycles. The monoisotopic (exact) mass is 266 g/mol. The second-order valence-electron chi connectivity index (χ2n) is 5.24. The Morgan fingerprint density at radius 2 is 1.85 bits per heavy atom. The van der Waals surface area contributed by atoms with E-state index in [2.05, 4.69) is 11.4 Å². The number of amides is 1. The minimum Gasteiger partial charge on any atom is -0.373 e. The smallest absolute Gasteiger partial charge is 0.249 e. The van der Waals surface area contributed by atoms with Crippen molar-refractivity contribution in [3.8, 4) is 0 Å². The molecule has 3 nitrogen and oxygen atoms in total. The standard InChI is InChI=1S/C17H18N2O/c1-12-7-3-6-10-16(12)19(2)17(20)15-11-13-8-4-5-9-14(13)18-15/h3-10,15,18H,11H2,1-2H3. The maximum Gasteiger partial charge on any atom is 0.249 e. The Morgan fingerprint density at radius 1 is 1.15 bits per heavy atom. The average Bonchev–Trinajstić information content (AvgIpc) is 2.90. The molecular weight excluding hydrogens is 248 g/mol. The highest BCUT2D eigenvalue weighted by molar-refractivity contribution is 6.00. The number of aryl methyl sites for hydroxylation is 1. The van der Waals surface area contributed by atoms with Gasteiger partial charge in [0.05, 0.1) is 0 Å². The molecule has 1 unspecified atom stereocenters. The van der Waals surface area contributed by atoms with Gasteiger partial charge in [-0.1, -0.05) is 36.4 Å². The first-order valence-corrected chi connectivity index (χ1v) is 6.84. The van der Waals surface area contributed by atoms with Gasteiger partial charge in [0.2, 0.25) is 5.91 Å². The highest BCUT2D eigenvalue weighted by Crippen LogP contribution is 2.27. The van der Waals surface area contributed by atoms with Gasteiger partial charge in [0.1, 0.15) is 6.04 Å². The van der Waals surface area contributed by atoms with Gasteiger partial charge in [-0.05, 0) is 30.2 Å². The number of nitrogens with zero attached hydrogens (tertiary/aromatic N) is 1. The molecule has 1 heterocycles. The van der Waals surface area contributed by atoms with E-state index in [0.29, 0.717) is 0 Å². The first kappa shape index (κ1) is 12.7. The van der Waals surface area contributed by atoms with Gasteiger partial charge in [0.15, 0.2) is 0 Å². The van der Waals surface area contributed by atoms with Crippen molar-refractivity contribution in [3.63, 3.8) is 0 Å². The number of benzene rings is 2. The number of anilines is 2. The van der Waals surface area contributed by atoms with Crippen molar-refractivity contribution in [2.24, 2.45) is 0 Å². The summed E-state index contributed by atoms with van der Waals surface area (Å²) in [6, 6.07) is 15.9. The summed E-state index contributed by atoms with van der Waals surface area (Å²) in [6.45, 7) is 2.02. The van der Waals surface area contributed by atoms with E-state index < -0.39 is 0 Å². The molecule has 1 amide bonds. The number of rotatable bonds is 2. The summed E-state index contributed by atoms with van der Waals surface area (Å²) in [6.07, 6.45) is 0.755. The van der Waals surface area contributed by atoms with Crippen molar-refractivity contribution < 1.29 is 4.79 Å². The molecule has 0 saturated carbocycles. The fourth-order valence-corrected chi connectivity index (χ4v) is 2.74. The maximum absolute atomic E-state index is 12.6. The van der Waals surface area contributed by atoms with Crippen molar-refractivity contribution in [1.29, 1.82) is 0 Å². The highest BCUT2D eigenvalue weighted by Gasteiger charge is 2.29. The van der Waals surface area contributed by atoms with Gasteiger partial charge in [-0.25, -0.2) is 0 Å². The van der Waals surface area contributed by atoms with Crippen LogP contribution in [0.15, 0.2) is 48.5 Å². The Kier molecular flexibility index (Phi) is 3.18. The molecular formula is C17H18N2O. The average molecular weight is 266 g/mol. The summed E-state index contributed by atoms with van der Waals surface area (Å²) in [4.78, 5) is 14.4. The molecule has 0 fully saturated rings. The molecule has 0 spiro atoms. The maximum atomic E-state index is 12.6. The van der Waals surface area contributed by atoms with Crippen molar-refractivity contribution >= 4 is 17.3 Å². The quantitative estimate of drug-likeness (QED) is 0.906. The van der Waals surface area contributed by atoms with E-state index in [1.165, 1.54) is 5.56 Å². The first-order chi connectivity index (χ1) is 9.66. The highest BCUT2D eigenvalue weighted by atomic mass is 16.2. The summed E-state index contributed by atoms with van der Waals surface area (Å²) in [7, 11) is 1.84. The normalized spacial score (nSPS) is 16.4. The zero-order valence-electron chi connectivity index (χ0n) is 11.8. The fraction of sp³-hybridized carbons (Fsp3) is 0.235. The van der Waals surface area contributed by atoms with Crippen LogP contribution in [-0.4, -0.2) is 19.0 Å². The summed E-state index contributed by atoms with van der Waals surface area (Å²) < 4.78 is 0. The van der Waals surface area contributed by atoms with E-state index in [-0.39, 0.29) is 11.9 Å². The predicted molar refractivity (Wildman–Crippen MR) is 82.1 cm³/mol. The first-order valence-electron chi connectivity index (χ1n) is 6.84. The van der Waals surface area contributed by atoms with Gasteiger partial charge in [0, 0.05) is 24.8 Å². The van der Waals surface area contributed by atoms with Crippen LogP contribution < -0.4 is 10.2 Å². The zero-order valence-corrected chi connectivity index (χ0v) is 11.8. The second kappa shape index (κ2) is 5.00. The van der Waals surface area contributed by atoms with Crippen LogP contribution in [0, 0.1) is 6.92 Å². The van der Waals surface area contributed by atoms with Crippen LogP contribution in [0.5, 0.6) is 0 Å². The van der Waals surface area contributed by atoms with E-state index in [1.54, 1.807) is 4.90 Å². The molecule has 2 aromatic carbocycles. The van der Waals surface area contributed by atoms with Gasteiger partial charge in [-0.2, -0.15) is 0 Å². The third-order valence-electron chi connectivity index (χ3n) is 3.88. The summed E-state index contributed by atoms with van der Waals surface area (Å²) in [5.74, 6) is 0.107. The van der Waals surface area contributed by atoms with Crippen LogP contribution in [0.25, 0.3) is 0 Å². The molecule has 1 N–H and O–H groups in total. The lowest BCUT2D eigenvalue weighted by Gasteiger charge is -2.23. The van der Waals surface area contributed by atoms with Crippen molar-refractivity contribution in [2.75, 3.05) is 17.3 Å². The Morgan fingerprint density at radius 3 is 2.60 bits per heavy atom. The zero-order chi connectivity index (χ0) is 14.1. The van der Waals surface area contributed by atoms with Crippen LogP contribution >= 0.6 is 0 Å². The Bertz CT molecular complexity index is 626. The van der Waals surface area contributed by atoms with E-state index in [1.807, 2.05) is 56.4 Å². The summed E-state index contributed by atoms with van der Waals surface area (Å²) in [5, 5.41) is 3.31. The van der Waals surface area contributed by atoms with Gasteiger partial charge in [-0.3, -0.25) is 4.79 Å². The lowest BCUT2D eigenvalue weighted by Crippen LogP contribution is -2.40. The molecule has 20 heavy (non-hydrogen) atoms. The number of hydrogen-bond acceptors (Lipinski definition) is 2. The van der Waals surface area contributed by atoms with Crippen LogP contribution in [0.2, 0.25) is 0 Å². The third-order valence-corrected chi connectivity index (χ3v) is 3.88. The topological polar surface area (TPSA) is 32.3 Å². The van der Waals surface area contributed by atoms with Crippen molar-refractivity contribution in [2.45, 2.75) is 19.4 Å². The van der Waals surface area contributed by atoms with Gasteiger partial charge in [-0.15, -0.1) is 0 Å². The number of para-hydroxylation sites is 2. The molecule has 0 aromatic heterocycles. The summed E-state index contributed by atoms with van der Waals surface area (Å²) >= 11 is 0. The van der Waals surface area contributed by atoms with Gasteiger partial charge in [0.25, 0.3) is 0 Å². The Labute approximate surface area is 119 Å². The molecule has 0 radical (unpaired) electrons. The SMILES string of the molecule is Cc1ccccc1N(C)C(=O)C1Cc2ccccc2N1. The molecule has 0 bridgehead atoms. The molecule has 3 heteroatoms.